The maximum absolute atomic E-state index is 10.8. The Balaban J connectivity index is 0.000000357. The van der Waals surface area contributed by atoms with E-state index in [1.165, 1.54) is 48.0 Å². The first-order valence-corrected chi connectivity index (χ1v) is 16.1. The molecular weight excluding hydrogens is 605 g/mol. The fraction of sp³-hybridized carbons (Fsp3) is 0.263. The molecule has 0 heterocycles. The van der Waals surface area contributed by atoms with Gasteiger partial charge in [0.2, 0.25) is 0 Å². The fourth-order valence-corrected chi connectivity index (χ4v) is 7.03. The average Bonchev–Trinajstić information content (AvgIpc) is 3.67. The van der Waals surface area contributed by atoms with Crippen molar-refractivity contribution in [3.05, 3.63) is 146 Å². The number of aliphatic hydroxyl groups is 1. The van der Waals surface area contributed by atoms with Gasteiger partial charge in [0.1, 0.15) is 0 Å². The van der Waals surface area contributed by atoms with E-state index < -0.39 is 19.9 Å². The van der Waals surface area contributed by atoms with Crippen LogP contribution in [0.5, 0.6) is 0 Å². The van der Waals surface area contributed by atoms with E-state index in [2.05, 4.69) is 110 Å². The largest absolute Gasteiger partial charge is 2.00 e. The Kier molecular flexibility index (Phi) is 21.4. The first kappa shape index (κ1) is 38.9. The van der Waals surface area contributed by atoms with Crippen LogP contribution in [0.3, 0.4) is 0 Å². The number of aliphatic hydroxyl groups excluding tert-OH is 1. The van der Waals surface area contributed by atoms with Crippen LogP contribution in [0.1, 0.15) is 44.6 Å². The minimum atomic E-state index is -0.737. The number of nitrogens with one attached hydrogen (secondary N) is 1. The molecular formula is C38H43FeNO3P+. The van der Waals surface area contributed by atoms with Crippen LogP contribution in [-0.2, 0) is 33.1 Å². The van der Waals surface area contributed by atoms with Crippen LogP contribution >= 0.6 is 7.92 Å². The fourth-order valence-electron chi connectivity index (χ4n) is 4.72. The maximum Gasteiger partial charge on any atom is 2.00 e. The molecule has 1 fully saturated rings. The van der Waals surface area contributed by atoms with Crippen molar-refractivity contribution in [1.82, 2.24) is 5.32 Å². The standard InChI is InChI=1S/C18H15P.C14H18NO2.C5H10.CO.Fe/c1-4-10-16(11-5-1)19(17-12-6-2-7-13-17)18-14-8-3-9-15-18;1-3-14(13(10-16)11(2)17)15-9-12-7-5-4-6-8-12;1-2-4-5-3-1;1-2;/h1-15H;3-8,11,13-15,17H,1,9H2,2H3;1-5H2;;/q;-1;;;+2/t;11-,13+,14+;;;/m.1.../s1. The molecule has 4 nitrogen and oxygen atoms in total. The second-order valence-electron chi connectivity index (χ2n) is 10.1. The van der Waals surface area contributed by atoms with E-state index in [4.69, 9.17) is 4.65 Å². The molecule has 3 atom stereocenters. The van der Waals surface area contributed by atoms with Crippen molar-refractivity contribution in [2.75, 3.05) is 0 Å². The Morgan fingerprint density at radius 1 is 0.773 bits per heavy atom. The van der Waals surface area contributed by atoms with Crippen LogP contribution < -0.4 is 21.2 Å². The molecule has 2 N–H and O–H groups in total. The molecule has 1 aliphatic carbocycles. The number of benzene rings is 4. The minimum Gasteiger partial charge on any atom is -0.0622 e. The normalized spacial score (nSPS) is 13.5. The second kappa shape index (κ2) is 24.2. The smallest absolute Gasteiger partial charge is 0.0622 e. The van der Waals surface area contributed by atoms with Crippen molar-refractivity contribution in [3.8, 4) is 0 Å². The van der Waals surface area contributed by atoms with Gasteiger partial charge in [-0.1, -0.05) is 165 Å². The summed E-state index contributed by atoms with van der Waals surface area (Å²) in [5.74, 6) is -0.587. The molecule has 1 saturated carbocycles. The van der Waals surface area contributed by atoms with Gasteiger partial charge < -0.3 is 15.2 Å². The van der Waals surface area contributed by atoms with Gasteiger partial charge >= 0.3 is 28.4 Å². The van der Waals surface area contributed by atoms with Crippen LogP contribution in [0.15, 0.2) is 134 Å². The van der Waals surface area contributed by atoms with Gasteiger partial charge in [-0.3, -0.25) is 6.29 Å². The molecule has 0 amide bonds. The van der Waals surface area contributed by atoms with Gasteiger partial charge in [-0.05, 0) is 36.3 Å². The van der Waals surface area contributed by atoms with Gasteiger partial charge in [0, 0.05) is 18.7 Å². The molecule has 0 radical (unpaired) electrons. The first-order chi connectivity index (χ1) is 21.1. The van der Waals surface area contributed by atoms with Crippen molar-refractivity contribution in [1.29, 1.82) is 0 Å². The summed E-state index contributed by atoms with van der Waals surface area (Å²) >= 11 is 0. The SMILES string of the molecule is C1CCCC1.C=C[C@H](NCc1ccccc1)[C@@H]([C-]=O)[C@@H](C)O.[C-]#[O+].[Fe+2].c1ccc(P(c2ccccc2)c2ccccc2)cc1. The van der Waals surface area contributed by atoms with Crippen molar-refractivity contribution in [3.63, 3.8) is 0 Å². The van der Waals surface area contributed by atoms with Gasteiger partial charge in [0.05, 0.1) is 0 Å². The predicted molar refractivity (Wildman–Crippen MR) is 180 cm³/mol. The summed E-state index contributed by atoms with van der Waals surface area (Å²) in [7, 11) is -0.446. The van der Waals surface area contributed by atoms with Crippen LogP contribution in [0, 0.1) is 12.6 Å². The Morgan fingerprint density at radius 3 is 1.41 bits per heavy atom. The van der Waals surface area contributed by atoms with E-state index >= 15 is 0 Å². The molecule has 44 heavy (non-hydrogen) atoms. The zero-order valence-corrected chi connectivity index (χ0v) is 27.4. The van der Waals surface area contributed by atoms with E-state index in [0.29, 0.717) is 6.54 Å². The third-order valence-corrected chi connectivity index (χ3v) is 9.42. The molecule has 0 aliphatic heterocycles. The van der Waals surface area contributed by atoms with E-state index in [0.717, 1.165) is 5.56 Å². The van der Waals surface area contributed by atoms with Gasteiger partial charge in [0.15, 0.2) is 0 Å². The first-order valence-electron chi connectivity index (χ1n) is 14.8. The molecule has 0 unspecified atom stereocenters. The number of carbonyl (C=O) groups excluding carboxylic acids is 1. The van der Waals surface area contributed by atoms with Gasteiger partial charge in [0.25, 0.3) is 0 Å². The topological polar surface area (TPSA) is 69.2 Å². The van der Waals surface area contributed by atoms with Gasteiger partial charge in [-0.25, -0.2) is 0 Å². The van der Waals surface area contributed by atoms with E-state index in [9.17, 15) is 9.90 Å². The van der Waals surface area contributed by atoms with E-state index in [1.54, 1.807) is 13.0 Å². The molecule has 0 spiro atoms. The van der Waals surface area contributed by atoms with Crippen molar-refractivity contribution >= 4 is 30.1 Å². The second-order valence-corrected chi connectivity index (χ2v) is 12.3. The van der Waals surface area contributed by atoms with Gasteiger partial charge in [-0.15, -0.1) is 6.58 Å². The average molecular weight is 649 g/mol. The number of hydrogen-bond donors (Lipinski definition) is 2. The Labute approximate surface area is 276 Å². The Morgan fingerprint density at radius 2 is 1.11 bits per heavy atom. The number of rotatable bonds is 10. The zero-order chi connectivity index (χ0) is 31.1. The number of hydrogen-bond acceptors (Lipinski definition) is 3. The van der Waals surface area contributed by atoms with Crippen molar-refractivity contribution < 1.29 is 31.6 Å². The molecule has 5 rings (SSSR count). The molecule has 6 heteroatoms. The predicted octanol–water partition coefficient (Wildman–Crippen LogP) is 6.79. The Hall–Kier alpha value is -3.10. The summed E-state index contributed by atoms with van der Waals surface area (Å²) in [5.41, 5.74) is 1.12. The molecule has 0 bridgehead atoms. The van der Waals surface area contributed by atoms with E-state index in [1.807, 2.05) is 36.6 Å². The summed E-state index contributed by atoms with van der Waals surface area (Å²) in [6, 6.07) is 41.9. The van der Waals surface area contributed by atoms with Gasteiger partial charge in [-0.2, -0.15) is 0 Å². The van der Waals surface area contributed by atoms with Crippen LogP contribution in [0.4, 0.5) is 0 Å². The zero-order valence-electron chi connectivity index (χ0n) is 25.4. The summed E-state index contributed by atoms with van der Waals surface area (Å²) in [6.07, 6.45) is 10.2. The minimum absolute atomic E-state index is 0. The molecule has 4 aromatic rings. The monoisotopic (exact) mass is 648 g/mol. The van der Waals surface area contributed by atoms with Crippen LogP contribution in [0.25, 0.3) is 0 Å². The Bertz CT molecular complexity index is 1180. The summed E-state index contributed by atoms with van der Waals surface area (Å²) in [5, 5.41) is 16.8. The van der Waals surface area contributed by atoms with Crippen molar-refractivity contribution in [2.24, 2.45) is 5.92 Å². The summed E-state index contributed by atoms with van der Waals surface area (Å²) in [6.45, 7) is 10.4. The van der Waals surface area contributed by atoms with Crippen LogP contribution in [-0.4, -0.2) is 23.5 Å². The van der Waals surface area contributed by atoms with Crippen LogP contribution in [0.2, 0.25) is 0 Å². The molecule has 230 valence electrons. The maximum atomic E-state index is 10.8. The molecule has 4 aromatic carbocycles. The third-order valence-electron chi connectivity index (χ3n) is 6.97. The molecule has 0 saturated heterocycles. The quantitative estimate of drug-likeness (QED) is 0.0655. The van der Waals surface area contributed by atoms with E-state index in [-0.39, 0.29) is 23.1 Å². The molecule has 0 aromatic heterocycles. The molecule has 1 aliphatic rings. The van der Waals surface area contributed by atoms with Crippen molar-refractivity contribution in [2.45, 2.75) is 57.7 Å². The summed E-state index contributed by atoms with van der Waals surface area (Å²) < 4.78 is 7.50. The summed E-state index contributed by atoms with van der Waals surface area (Å²) in [4.78, 5) is 10.8. The third kappa shape index (κ3) is 14.1.